The molecule has 114 valence electrons. The first-order valence-corrected chi connectivity index (χ1v) is 8.00. The average molecular weight is 307 g/mol. The van der Waals surface area contributed by atoms with Crippen molar-refractivity contribution in [3.8, 4) is 0 Å². The van der Waals surface area contributed by atoms with E-state index in [1.54, 1.807) is 11.3 Å². The predicted molar refractivity (Wildman–Crippen MR) is 83.1 cm³/mol. The third-order valence-electron chi connectivity index (χ3n) is 3.98. The van der Waals surface area contributed by atoms with E-state index < -0.39 is 0 Å². The number of hydrogen-bond acceptors (Lipinski definition) is 7. The average Bonchev–Trinajstić information content (AvgIpc) is 3.01. The largest absolute Gasteiger partial charge is 0.375 e. The Bertz CT molecular complexity index is 581. The number of hydrogen-bond donors (Lipinski definition) is 1. The summed E-state index contributed by atoms with van der Waals surface area (Å²) in [6, 6.07) is 0. The molecule has 0 bridgehead atoms. The second-order valence-corrected chi connectivity index (χ2v) is 6.67. The van der Waals surface area contributed by atoms with Crippen LogP contribution in [0.15, 0.2) is 10.7 Å². The molecule has 2 aromatic heterocycles. The Morgan fingerprint density at radius 1 is 1.19 bits per heavy atom. The Hall–Kier alpha value is -1.44. The molecule has 0 atom stereocenters. The van der Waals surface area contributed by atoms with E-state index in [0.717, 1.165) is 50.7 Å². The first kappa shape index (κ1) is 14.5. The van der Waals surface area contributed by atoms with Crippen LogP contribution in [0.2, 0.25) is 0 Å². The number of aromatic nitrogens is 2. The van der Waals surface area contributed by atoms with Crippen molar-refractivity contribution in [3.63, 3.8) is 0 Å². The maximum Gasteiger partial charge on any atom is 0.180 e. The number of nitrogen functional groups attached to an aromatic ring is 1. The highest BCUT2D eigenvalue weighted by molar-refractivity contribution is 7.15. The summed E-state index contributed by atoms with van der Waals surface area (Å²) in [5, 5.41) is 4.68. The minimum absolute atomic E-state index is 0.655. The van der Waals surface area contributed by atoms with E-state index in [-0.39, 0.29) is 0 Å². The van der Waals surface area contributed by atoms with Gasteiger partial charge in [-0.25, -0.2) is 4.98 Å². The topological polar surface area (TPSA) is 71.4 Å². The van der Waals surface area contributed by atoms with Crippen molar-refractivity contribution < 1.29 is 4.52 Å². The van der Waals surface area contributed by atoms with Crippen molar-refractivity contribution in [2.75, 3.05) is 31.9 Å². The lowest BCUT2D eigenvalue weighted by molar-refractivity contribution is 0.122. The van der Waals surface area contributed by atoms with Gasteiger partial charge in [-0.2, -0.15) is 0 Å². The molecule has 0 spiro atoms. The van der Waals surface area contributed by atoms with Gasteiger partial charge in [0.1, 0.15) is 5.76 Å². The number of piperazine rings is 1. The monoisotopic (exact) mass is 307 g/mol. The fraction of sp³-hybridized carbons (Fsp3) is 0.571. The molecule has 0 saturated carbocycles. The molecule has 0 aliphatic carbocycles. The molecular weight excluding hydrogens is 286 g/mol. The summed E-state index contributed by atoms with van der Waals surface area (Å²) < 4.78 is 5.23. The van der Waals surface area contributed by atoms with Crippen LogP contribution in [-0.2, 0) is 13.1 Å². The lowest BCUT2D eigenvalue weighted by Gasteiger charge is -2.34. The smallest absolute Gasteiger partial charge is 0.180 e. The van der Waals surface area contributed by atoms with Gasteiger partial charge in [-0.05, 0) is 13.8 Å². The Kier molecular flexibility index (Phi) is 4.23. The number of aryl methyl sites for hydroxylation is 2. The van der Waals surface area contributed by atoms with E-state index >= 15 is 0 Å². The minimum atomic E-state index is 0.655. The Morgan fingerprint density at radius 2 is 1.86 bits per heavy atom. The molecule has 21 heavy (non-hydrogen) atoms. The van der Waals surface area contributed by atoms with Crippen LogP contribution in [0.25, 0.3) is 0 Å². The van der Waals surface area contributed by atoms with Crippen LogP contribution in [0, 0.1) is 13.8 Å². The lowest BCUT2D eigenvalue weighted by atomic mass is 10.2. The summed E-state index contributed by atoms with van der Waals surface area (Å²) in [6.07, 6.45) is 1.89. The zero-order valence-corrected chi connectivity index (χ0v) is 13.3. The number of anilines is 1. The van der Waals surface area contributed by atoms with Crippen LogP contribution in [0.4, 0.5) is 5.13 Å². The molecule has 1 aliphatic heterocycles. The predicted octanol–water partition coefficient (Wildman–Crippen LogP) is 1.65. The van der Waals surface area contributed by atoms with Gasteiger partial charge in [-0.3, -0.25) is 9.80 Å². The fourth-order valence-electron chi connectivity index (χ4n) is 2.67. The van der Waals surface area contributed by atoms with Crippen molar-refractivity contribution in [2.24, 2.45) is 0 Å². The van der Waals surface area contributed by atoms with Crippen molar-refractivity contribution in [3.05, 3.63) is 28.1 Å². The minimum Gasteiger partial charge on any atom is -0.375 e. The third-order valence-corrected chi connectivity index (χ3v) is 4.79. The highest BCUT2D eigenvalue weighted by atomic mass is 32.1. The van der Waals surface area contributed by atoms with Gasteiger partial charge >= 0.3 is 0 Å². The molecule has 3 rings (SSSR count). The van der Waals surface area contributed by atoms with Gasteiger partial charge in [0.15, 0.2) is 5.13 Å². The summed E-state index contributed by atoms with van der Waals surface area (Å²) in [4.78, 5) is 10.3. The quantitative estimate of drug-likeness (QED) is 0.926. The van der Waals surface area contributed by atoms with Gasteiger partial charge in [-0.1, -0.05) is 5.16 Å². The van der Waals surface area contributed by atoms with Gasteiger partial charge in [0.25, 0.3) is 0 Å². The van der Waals surface area contributed by atoms with Crippen LogP contribution in [0.5, 0.6) is 0 Å². The molecule has 0 unspecified atom stereocenters. The molecule has 1 aliphatic rings. The molecule has 1 fully saturated rings. The van der Waals surface area contributed by atoms with Crippen LogP contribution >= 0.6 is 11.3 Å². The summed E-state index contributed by atoms with van der Waals surface area (Å²) in [5.74, 6) is 0.940. The second-order valence-electron chi connectivity index (χ2n) is 5.52. The molecular formula is C14H21N5OS. The zero-order valence-electron chi connectivity index (χ0n) is 12.5. The van der Waals surface area contributed by atoms with Gasteiger partial charge in [0.05, 0.1) is 5.69 Å². The lowest BCUT2D eigenvalue weighted by Crippen LogP contribution is -2.45. The summed E-state index contributed by atoms with van der Waals surface area (Å²) >= 11 is 1.58. The van der Waals surface area contributed by atoms with Gasteiger partial charge in [0.2, 0.25) is 0 Å². The van der Waals surface area contributed by atoms with Gasteiger partial charge in [0, 0.05) is 55.9 Å². The van der Waals surface area contributed by atoms with Crippen molar-refractivity contribution in [1.29, 1.82) is 0 Å². The van der Waals surface area contributed by atoms with Crippen molar-refractivity contribution >= 4 is 16.5 Å². The van der Waals surface area contributed by atoms with E-state index in [4.69, 9.17) is 10.3 Å². The van der Waals surface area contributed by atoms with E-state index in [2.05, 4.69) is 19.9 Å². The number of rotatable bonds is 4. The van der Waals surface area contributed by atoms with Crippen molar-refractivity contribution in [1.82, 2.24) is 19.9 Å². The normalized spacial score (nSPS) is 17.4. The highest BCUT2D eigenvalue weighted by Crippen LogP contribution is 2.19. The summed E-state index contributed by atoms with van der Waals surface area (Å²) in [6.45, 7) is 10.2. The molecule has 7 heteroatoms. The second kappa shape index (κ2) is 6.13. The first-order valence-electron chi connectivity index (χ1n) is 7.18. The fourth-order valence-corrected chi connectivity index (χ4v) is 3.40. The van der Waals surface area contributed by atoms with Gasteiger partial charge < -0.3 is 10.3 Å². The van der Waals surface area contributed by atoms with Gasteiger partial charge in [-0.15, -0.1) is 11.3 Å². The SMILES string of the molecule is Cc1noc(C)c1CN1CCN(Cc2cnc(N)s2)CC1. The molecule has 0 radical (unpaired) electrons. The number of thiazole rings is 1. The van der Waals surface area contributed by atoms with E-state index in [0.29, 0.717) is 5.13 Å². The van der Waals surface area contributed by atoms with Crippen LogP contribution < -0.4 is 5.73 Å². The Morgan fingerprint density at radius 3 is 2.38 bits per heavy atom. The molecule has 3 heterocycles. The van der Waals surface area contributed by atoms with Crippen LogP contribution in [-0.4, -0.2) is 46.1 Å². The van der Waals surface area contributed by atoms with E-state index in [1.807, 2.05) is 20.0 Å². The first-order chi connectivity index (χ1) is 10.1. The molecule has 6 nitrogen and oxygen atoms in total. The molecule has 0 aromatic carbocycles. The molecule has 2 N–H and O–H groups in total. The zero-order chi connectivity index (χ0) is 14.8. The van der Waals surface area contributed by atoms with Crippen LogP contribution in [0.1, 0.15) is 21.9 Å². The Balaban J connectivity index is 1.51. The van der Waals surface area contributed by atoms with Crippen molar-refractivity contribution in [2.45, 2.75) is 26.9 Å². The van der Waals surface area contributed by atoms with E-state index in [9.17, 15) is 0 Å². The molecule has 2 aromatic rings. The highest BCUT2D eigenvalue weighted by Gasteiger charge is 2.20. The molecule has 1 saturated heterocycles. The summed E-state index contributed by atoms with van der Waals surface area (Å²) in [5.41, 5.74) is 7.92. The summed E-state index contributed by atoms with van der Waals surface area (Å²) in [7, 11) is 0. The van der Waals surface area contributed by atoms with E-state index in [1.165, 1.54) is 10.4 Å². The number of nitrogens with two attached hydrogens (primary N) is 1. The third kappa shape index (κ3) is 3.42. The van der Waals surface area contributed by atoms with Crippen LogP contribution in [0.3, 0.4) is 0 Å². The molecule has 0 amide bonds. The maximum absolute atomic E-state index is 5.68. The number of nitrogens with zero attached hydrogens (tertiary/aromatic N) is 4. The maximum atomic E-state index is 5.68. The Labute approximate surface area is 128 Å². The standard InChI is InChI=1S/C14H21N5OS/c1-10-13(11(2)20-17-10)9-19-5-3-18(4-6-19)8-12-7-16-14(15)21-12/h7H,3-6,8-9H2,1-2H3,(H2,15,16).